The monoisotopic (exact) mass is 482 g/mol. The fourth-order valence-electron chi connectivity index (χ4n) is 4.27. The lowest BCUT2D eigenvalue weighted by atomic mass is 10.0. The molecule has 0 unspecified atom stereocenters. The van der Waals surface area contributed by atoms with Gasteiger partial charge in [0.25, 0.3) is 0 Å². The summed E-state index contributed by atoms with van der Waals surface area (Å²) < 4.78 is 25.7. The van der Waals surface area contributed by atoms with Crippen molar-refractivity contribution in [2.45, 2.75) is 34.1 Å². The molecule has 0 radical (unpaired) electrons. The molecule has 0 atom stereocenters. The smallest absolute Gasteiger partial charge is 0.167 e. The summed E-state index contributed by atoms with van der Waals surface area (Å²) in [6.45, 7) is 8.65. The predicted molar refractivity (Wildman–Crippen MR) is 135 cm³/mol. The highest BCUT2D eigenvalue weighted by molar-refractivity contribution is 7.91. The second kappa shape index (κ2) is 9.54. The number of anilines is 2. The molecule has 1 aliphatic heterocycles. The first-order valence-corrected chi connectivity index (χ1v) is 13.4. The number of hydrogen-bond acceptors (Lipinski definition) is 8. The first-order chi connectivity index (χ1) is 16.3. The van der Waals surface area contributed by atoms with Crippen molar-refractivity contribution in [3.05, 3.63) is 41.4 Å². The van der Waals surface area contributed by atoms with E-state index in [0.29, 0.717) is 42.5 Å². The van der Waals surface area contributed by atoms with Crippen LogP contribution in [0.5, 0.6) is 0 Å². The van der Waals surface area contributed by atoms with Crippen molar-refractivity contribution in [2.75, 3.05) is 41.4 Å². The molecule has 0 aromatic carbocycles. The van der Waals surface area contributed by atoms with Crippen molar-refractivity contribution in [1.29, 1.82) is 0 Å². The molecule has 180 valence electrons. The van der Waals surface area contributed by atoms with Crippen LogP contribution in [-0.4, -0.2) is 64.9 Å². The van der Waals surface area contributed by atoms with Crippen molar-refractivity contribution in [1.82, 2.24) is 19.6 Å². The number of ketones is 1. The van der Waals surface area contributed by atoms with Gasteiger partial charge >= 0.3 is 0 Å². The number of aryl methyl sites for hydroxylation is 1. The standard InChI is InChI=1S/C24H30N6O3S/c1-5-8-17-13-18(14-26-20(17)6-2)19-15-27-30-22(19)28-24(21(16(4)31)23(30)25-7-3)29-9-11-34(32,33)12-10-29/h5,8,13-15,25H,6-7,9-12H2,1-4H3/b8-5-. The normalized spacial score (nSPS) is 15.8. The van der Waals surface area contributed by atoms with E-state index in [0.717, 1.165) is 28.8 Å². The van der Waals surface area contributed by atoms with Gasteiger partial charge in [-0.3, -0.25) is 9.78 Å². The molecule has 1 N–H and O–H groups in total. The van der Waals surface area contributed by atoms with Crippen molar-refractivity contribution < 1.29 is 13.2 Å². The summed E-state index contributed by atoms with van der Waals surface area (Å²) in [5.41, 5.74) is 4.71. The number of hydrogen-bond donors (Lipinski definition) is 1. The number of rotatable bonds is 7. The van der Waals surface area contributed by atoms with E-state index in [-0.39, 0.29) is 17.3 Å². The van der Waals surface area contributed by atoms with Crippen molar-refractivity contribution in [2.24, 2.45) is 0 Å². The van der Waals surface area contributed by atoms with Gasteiger partial charge in [0.15, 0.2) is 21.3 Å². The number of nitrogens with one attached hydrogen (secondary N) is 1. The molecule has 34 heavy (non-hydrogen) atoms. The second-order valence-corrected chi connectivity index (χ2v) is 10.6. The summed E-state index contributed by atoms with van der Waals surface area (Å²) in [4.78, 5) is 24.2. The number of allylic oxidation sites excluding steroid dienone is 1. The maximum atomic E-state index is 12.8. The van der Waals surface area contributed by atoms with Gasteiger partial charge in [-0.05, 0) is 38.8 Å². The molecule has 3 aromatic heterocycles. The van der Waals surface area contributed by atoms with Crippen molar-refractivity contribution in [3.8, 4) is 11.1 Å². The Kier molecular flexibility index (Phi) is 6.70. The Morgan fingerprint density at radius 1 is 1.21 bits per heavy atom. The molecule has 4 heterocycles. The Balaban J connectivity index is 1.94. The minimum Gasteiger partial charge on any atom is -0.370 e. The Labute approximate surface area is 199 Å². The third-order valence-corrected chi connectivity index (χ3v) is 7.57. The van der Waals surface area contributed by atoms with Gasteiger partial charge in [-0.2, -0.15) is 9.61 Å². The van der Waals surface area contributed by atoms with Gasteiger partial charge < -0.3 is 10.2 Å². The van der Waals surface area contributed by atoms with Crippen LogP contribution in [0.1, 0.15) is 49.3 Å². The summed E-state index contributed by atoms with van der Waals surface area (Å²) in [5.74, 6) is 0.959. The molecule has 3 aromatic rings. The van der Waals surface area contributed by atoms with Gasteiger partial charge in [0, 0.05) is 42.7 Å². The van der Waals surface area contributed by atoms with Gasteiger partial charge in [0.1, 0.15) is 17.2 Å². The molecular weight excluding hydrogens is 452 g/mol. The zero-order valence-electron chi connectivity index (χ0n) is 20.0. The summed E-state index contributed by atoms with van der Waals surface area (Å²) >= 11 is 0. The average Bonchev–Trinajstić information content (AvgIpc) is 3.23. The molecule has 0 bridgehead atoms. The van der Waals surface area contributed by atoms with Crippen molar-refractivity contribution in [3.63, 3.8) is 0 Å². The molecule has 0 saturated carbocycles. The molecule has 0 aliphatic carbocycles. The highest BCUT2D eigenvalue weighted by atomic mass is 32.2. The number of sulfone groups is 1. The highest BCUT2D eigenvalue weighted by Gasteiger charge is 2.29. The summed E-state index contributed by atoms with van der Waals surface area (Å²) in [5, 5.41) is 7.84. The predicted octanol–water partition coefficient (Wildman–Crippen LogP) is 3.26. The van der Waals surface area contributed by atoms with Crippen LogP contribution in [0.3, 0.4) is 0 Å². The molecule has 9 nitrogen and oxygen atoms in total. The number of carbonyl (C=O) groups excluding carboxylic acids is 1. The molecular formula is C24H30N6O3S. The number of nitrogens with zero attached hydrogens (tertiary/aromatic N) is 5. The Bertz CT molecular complexity index is 1360. The van der Waals surface area contributed by atoms with Gasteiger partial charge in [0.05, 0.1) is 17.7 Å². The Hall–Kier alpha value is -3.27. The van der Waals surface area contributed by atoms with E-state index in [4.69, 9.17) is 4.98 Å². The molecule has 10 heteroatoms. The van der Waals surface area contributed by atoms with Crippen molar-refractivity contribution >= 4 is 39.0 Å². The van der Waals surface area contributed by atoms with Crippen LogP contribution in [0, 0.1) is 0 Å². The molecule has 1 fully saturated rings. The largest absolute Gasteiger partial charge is 0.370 e. The van der Waals surface area contributed by atoms with Crippen LogP contribution in [-0.2, 0) is 16.3 Å². The van der Waals surface area contributed by atoms with E-state index < -0.39 is 9.84 Å². The van der Waals surface area contributed by atoms with Crippen LogP contribution in [0.2, 0.25) is 0 Å². The van der Waals surface area contributed by atoms with E-state index in [2.05, 4.69) is 28.4 Å². The van der Waals surface area contributed by atoms with E-state index in [1.807, 2.05) is 37.1 Å². The average molecular weight is 483 g/mol. The lowest BCUT2D eigenvalue weighted by Gasteiger charge is -2.30. The third kappa shape index (κ3) is 4.42. The topological polar surface area (TPSA) is 110 Å². The SMILES string of the molecule is C/C=C\c1cc(-c2cnn3c(NCC)c(C(C)=O)c(N4CCS(=O)(=O)CC4)nc23)cnc1CC. The highest BCUT2D eigenvalue weighted by Crippen LogP contribution is 2.33. The van der Waals surface area contributed by atoms with Crippen LogP contribution in [0.4, 0.5) is 11.6 Å². The Morgan fingerprint density at radius 3 is 2.56 bits per heavy atom. The molecule has 1 aliphatic rings. The van der Waals surface area contributed by atoms with Crippen LogP contribution in [0.15, 0.2) is 24.5 Å². The number of aromatic nitrogens is 4. The minimum atomic E-state index is -3.08. The lowest BCUT2D eigenvalue weighted by Crippen LogP contribution is -2.41. The first kappa shape index (κ1) is 23.9. The van der Waals surface area contributed by atoms with Crippen LogP contribution in [0.25, 0.3) is 22.9 Å². The first-order valence-electron chi connectivity index (χ1n) is 11.5. The number of Topliss-reactive ketones (excluding diaryl/α,β-unsaturated/α-hetero) is 1. The summed E-state index contributed by atoms with van der Waals surface area (Å²) in [7, 11) is -3.08. The second-order valence-electron chi connectivity index (χ2n) is 8.29. The third-order valence-electron chi connectivity index (χ3n) is 5.96. The zero-order chi connectivity index (χ0) is 24.5. The fourth-order valence-corrected chi connectivity index (χ4v) is 5.47. The zero-order valence-corrected chi connectivity index (χ0v) is 20.8. The fraction of sp³-hybridized carbons (Fsp3) is 0.417. The maximum absolute atomic E-state index is 12.8. The van der Waals surface area contributed by atoms with E-state index in [1.54, 1.807) is 10.7 Å². The minimum absolute atomic E-state index is 0.0367. The van der Waals surface area contributed by atoms with E-state index in [1.165, 1.54) is 6.92 Å². The molecule has 0 amide bonds. The number of pyridine rings is 1. The number of fused-ring (bicyclic) bond motifs is 1. The van der Waals surface area contributed by atoms with Crippen LogP contribution < -0.4 is 10.2 Å². The molecule has 1 saturated heterocycles. The lowest BCUT2D eigenvalue weighted by molar-refractivity contribution is 0.101. The van der Waals surface area contributed by atoms with E-state index >= 15 is 0 Å². The molecule has 4 rings (SSSR count). The van der Waals surface area contributed by atoms with Crippen LogP contribution >= 0.6 is 0 Å². The van der Waals surface area contributed by atoms with Gasteiger partial charge in [0.2, 0.25) is 0 Å². The number of carbonyl (C=O) groups is 1. The Morgan fingerprint density at radius 2 is 1.94 bits per heavy atom. The van der Waals surface area contributed by atoms with Gasteiger partial charge in [-0.15, -0.1) is 0 Å². The van der Waals surface area contributed by atoms with E-state index in [9.17, 15) is 13.2 Å². The maximum Gasteiger partial charge on any atom is 0.167 e. The van der Waals surface area contributed by atoms with Gasteiger partial charge in [-0.1, -0.05) is 19.1 Å². The van der Waals surface area contributed by atoms with Gasteiger partial charge in [-0.25, -0.2) is 13.4 Å². The summed E-state index contributed by atoms with van der Waals surface area (Å²) in [6.07, 6.45) is 8.40. The summed E-state index contributed by atoms with van der Waals surface area (Å²) in [6, 6.07) is 2.07. The molecule has 0 spiro atoms. The quantitative estimate of drug-likeness (QED) is 0.511.